The maximum atomic E-state index is 11.8. The lowest BCUT2D eigenvalue weighted by Gasteiger charge is -2.08. The van der Waals surface area contributed by atoms with Crippen LogP contribution in [0.5, 0.6) is 5.75 Å². The van der Waals surface area contributed by atoms with Gasteiger partial charge in [0.05, 0.1) is 0 Å². The normalized spacial score (nSPS) is 10.5. The van der Waals surface area contributed by atoms with Crippen molar-refractivity contribution in [2.24, 2.45) is 0 Å². The monoisotopic (exact) mass is 310 g/mol. The Kier molecular flexibility index (Phi) is 4.05. The van der Waals surface area contributed by atoms with Crippen LogP contribution in [0, 0.1) is 6.92 Å². The van der Waals surface area contributed by atoms with Gasteiger partial charge in [-0.1, -0.05) is 0 Å². The van der Waals surface area contributed by atoms with Crippen LogP contribution in [0.3, 0.4) is 0 Å². The Morgan fingerprint density at radius 1 is 1.22 bits per heavy atom. The second-order valence-corrected chi connectivity index (χ2v) is 4.98. The fourth-order valence-corrected chi connectivity index (χ4v) is 2.18. The van der Waals surface area contributed by atoms with Crippen LogP contribution in [-0.4, -0.2) is 17.5 Å². The zero-order valence-electron chi connectivity index (χ0n) is 12.4. The van der Waals surface area contributed by atoms with Gasteiger partial charge in [-0.25, -0.2) is 4.79 Å². The van der Waals surface area contributed by atoms with Crippen molar-refractivity contribution < 1.29 is 13.9 Å². The highest BCUT2D eigenvalue weighted by Gasteiger charge is 2.07. The van der Waals surface area contributed by atoms with E-state index in [1.54, 1.807) is 42.7 Å². The first-order chi connectivity index (χ1) is 11.1. The van der Waals surface area contributed by atoms with Crippen molar-refractivity contribution in [1.29, 1.82) is 0 Å². The van der Waals surface area contributed by atoms with E-state index in [1.165, 1.54) is 6.07 Å². The Bertz CT molecular complexity index is 903. The molecule has 0 fully saturated rings. The van der Waals surface area contributed by atoms with E-state index in [1.807, 2.05) is 6.92 Å². The first-order valence-corrected chi connectivity index (χ1v) is 6.99. The molecule has 3 rings (SSSR count). The standard InChI is InChI=1S/C17H14N2O4/c1-11-8-17(21)23-15-9-13(2-3-14(11)15)22-10-16(20)19-12-4-6-18-7-5-12/h2-9H,10H2,1H3,(H,18,19,20). The number of carbonyl (C=O) groups excluding carboxylic acids is 1. The number of nitrogens with one attached hydrogen (secondary N) is 1. The third kappa shape index (κ3) is 3.55. The van der Waals surface area contributed by atoms with Crippen LogP contribution in [0.2, 0.25) is 0 Å². The minimum absolute atomic E-state index is 0.149. The Hall–Kier alpha value is -3.15. The van der Waals surface area contributed by atoms with Crippen molar-refractivity contribution in [1.82, 2.24) is 4.98 Å². The Morgan fingerprint density at radius 2 is 2.00 bits per heavy atom. The first-order valence-electron chi connectivity index (χ1n) is 6.99. The summed E-state index contributed by atoms with van der Waals surface area (Å²) in [6, 6.07) is 9.93. The second kappa shape index (κ2) is 6.31. The van der Waals surface area contributed by atoms with Crippen molar-refractivity contribution in [2.75, 3.05) is 11.9 Å². The minimum atomic E-state index is -0.414. The highest BCUT2D eigenvalue weighted by Crippen LogP contribution is 2.22. The van der Waals surface area contributed by atoms with Crippen LogP contribution in [0.1, 0.15) is 5.56 Å². The number of rotatable bonds is 4. The number of carbonyl (C=O) groups is 1. The molecule has 1 aromatic carbocycles. The summed E-state index contributed by atoms with van der Waals surface area (Å²) < 4.78 is 10.6. The van der Waals surface area contributed by atoms with Gasteiger partial charge in [0.1, 0.15) is 11.3 Å². The smallest absolute Gasteiger partial charge is 0.336 e. The molecule has 1 amide bonds. The summed E-state index contributed by atoms with van der Waals surface area (Å²) in [5.41, 5.74) is 1.50. The van der Waals surface area contributed by atoms with Gasteiger partial charge in [0.25, 0.3) is 5.91 Å². The number of hydrogen-bond acceptors (Lipinski definition) is 5. The summed E-state index contributed by atoms with van der Waals surface area (Å²) in [6.45, 7) is 1.69. The summed E-state index contributed by atoms with van der Waals surface area (Å²) in [7, 11) is 0. The zero-order valence-corrected chi connectivity index (χ0v) is 12.4. The third-order valence-electron chi connectivity index (χ3n) is 3.26. The van der Waals surface area contributed by atoms with Crippen LogP contribution >= 0.6 is 0 Å². The number of amides is 1. The van der Waals surface area contributed by atoms with Gasteiger partial charge >= 0.3 is 5.63 Å². The van der Waals surface area contributed by atoms with Crippen LogP contribution in [0.25, 0.3) is 11.0 Å². The van der Waals surface area contributed by atoms with Crippen molar-refractivity contribution >= 4 is 22.6 Å². The molecule has 3 aromatic rings. The Labute approximate surface area is 131 Å². The molecular formula is C17H14N2O4. The molecule has 116 valence electrons. The molecule has 0 atom stereocenters. The molecule has 0 bridgehead atoms. The molecule has 0 aliphatic heterocycles. The molecule has 0 aliphatic carbocycles. The van der Waals surface area contributed by atoms with E-state index >= 15 is 0 Å². The molecule has 0 saturated heterocycles. The molecule has 23 heavy (non-hydrogen) atoms. The molecule has 0 radical (unpaired) electrons. The van der Waals surface area contributed by atoms with Crippen molar-refractivity contribution in [3.8, 4) is 5.75 Å². The van der Waals surface area contributed by atoms with E-state index in [0.29, 0.717) is 17.0 Å². The lowest BCUT2D eigenvalue weighted by Crippen LogP contribution is -2.20. The third-order valence-corrected chi connectivity index (χ3v) is 3.26. The molecule has 0 saturated carbocycles. The number of hydrogen-bond donors (Lipinski definition) is 1. The van der Waals surface area contributed by atoms with E-state index in [4.69, 9.17) is 9.15 Å². The van der Waals surface area contributed by atoms with Crippen LogP contribution < -0.4 is 15.7 Å². The number of aromatic nitrogens is 1. The Balaban J connectivity index is 1.70. The van der Waals surface area contributed by atoms with Crippen molar-refractivity contribution in [3.05, 3.63) is 64.8 Å². The minimum Gasteiger partial charge on any atom is -0.484 e. The lowest BCUT2D eigenvalue weighted by molar-refractivity contribution is -0.118. The van der Waals surface area contributed by atoms with Gasteiger partial charge in [-0.05, 0) is 36.8 Å². The predicted molar refractivity (Wildman–Crippen MR) is 85.6 cm³/mol. The number of pyridine rings is 1. The quantitative estimate of drug-likeness (QED) is 0.749. The Morgan fingerprint density at radius 3 is 2.78 bits per heavy atom. The maximum absolute atomic E-state index is 11.8. The number of aryl methyl sites for hydroxylation is 1. The number of ether oxygens (including phenoxy) is 1. The van der Waals surface area contributed by atoms with Gasteiger partial charge < -0.3 is 14.5 Å². The molecule has 6 heteroatoms. The number of anilines is 1. The van der Waals surface area contributed by atoms with E-state index in [-0.39, 0.29) is 12.5 Å². The van der Waals surface area contributed by atoms with E-state index in [9.17, 15) is 9.59 Å². The molecule has 2 heterocycles. The summed E-state index contributed by atoms with van der Waals surface area (Å²) >= 11 is 0. The molecule has 0 aliphatic rings. The number of benzene rings is 1. The second-order valence-electron chi connectivity index (χ2n) is 4.98. The molecule has 6 nitrogen and oxygen atoms in total. The van der Waals surface area contributed by atoms with Gasteiger partial charge in [0.2, 0.25) is 0 Å². The van der Waals surface area contributed by atoms with Crippen molar-refractivity contribution in [3.63, 3.8) is 0 Å². The average molecular weight is 310 g/mol. The fraction of sp³-hybridized carbons (Fsp3) is 0.118. The fourth-order valence-electron chi connectivity index (χ4n) is 2.18. The van der Waals surface area contributed by atoms with Crippen LogP contribution in [0.15, 0.2) is 58.0 Å². The largest absolute Gasteiger partial charge is 0.484 e. The topological polar surface area (TPSA) is 81.4 Å². The van der Waals surface area contributed by atoms with Gasteiger partial charge in [-0.2, -0.15) is 0 Å². The average Bonchev–Trinajstić information content (AvgIpc) is 2.53. The molecule has 0 spiro atoms. The van der Waals surface area contributed by atoms with Gasteiger partial charge in [-0.3, -0.25) is 9.78 Å². The zero-order chi connectivity index (χ0) is 16.2. The summed E-state index contributed by atoms with van der Waals surface area (Å²) in [4.78, 5) is 27.1. The predicted octanol–water partition coefficient (Wildman–Crippen LogP) is 2.51. The molecule has 0 unspecified atom stereocenters. The molecular weight excluding hydrogens is 296 g/mol. The lowest BCUT2D eigenvalue weighted by atomic mass is 10.1. The van der Waals surface area contributed by atoms with Crippen LogP contribution in [-0.2, 0) is 4.79 Å². The van der Waals surface area contributed by atoms with E-state index in [0.717, 1.165) is 10.9 Å². The van der Waals surface area contributed by atoms with E-state index in [2.05, 4.69) is 10.3 Å². The van der Waals surface area contributed by atoms with Crippen molar-refractivity contribution in [2.45, 2.75) is 6.92 Å². The summed E-state index contributed by atoms with van der Waals surface area (Å²) in [5.74, 6) is 0.165. The SMILES string of the molecule is Cc1cc(=O)oc2cc(OCC(=O)Nc3ccncc3)ccc12. The number of fused-ring (bicyclic) bond motifs is 1. The summed E-state index contributed by atoms with van der Waals surface area (Å²) in [5, 5.41) is 3.52. The van der Waals surface area contributed by atoms with Gasteiger partial charge in [-0.15, -0.1) is 0 Å². The highest BCUT2D eigenvalue weighted by molar-refractivity contribution is 5.91. The number of nitrogens with zero attached hydrogens (tertiary/aromatic N) is 1. The van der Waals surface area contributed by atoms with Gasteiger partial charge in [0, 0.05) is 35.6 Å². The molecule has 2 aromatic heterocycles. The first kappa shape index (κ1) is 14.8. The van der Waals surface area contributed by atoms with Crippen LogP contribution in [0.4, 0.5) is 5.69 Å². The van der Waals surface area contributed by atoms with Gasteiger partial charge in [0.15, 0.2) is 6.61 Å². The van der Waals surface area contributed by atoms with E-state index < -0.39 is 5.63 Å². The molecule has 1 N–H and O–H groups in total. The maximum Gasteiger partial charge on any atom is 0.336 e. The summed E-state index contributed by atoms with van der Waals surface area (Å²) in [6.07, 6.45) is 3.17. The highest BCUT2D eigenvalue weighted by atomic mass is 16.5.